The van der Waals surface area contributed by atoms with Crippen molar-refractivity contribution in [2.75, 3.05) is 18.0 Å². The van der Waals surface area contributed by atoms with Gasteiger partial charge in [-0.25, -0.2) is 0 Å². The van der Waals surface area contributed by atoms with Crippen LogP contribution in [0.2, 0.25) is 0 Å². The fraction of sp³-hybridized carbons (Fsp3) is 0.417. The maximum atomic E-state index is 9.99. The first-order valence-electron chi connectivity index (χ1n) is 5.51. The van der Waals surface area contributed by atoms with Gasteiger partial charge in [0, 0.05) is 23.2 Å². The minimum absolute atomic E-state index is 0.0408. The Morgan fingerprint density at radius 2 is 2.29 bits per heavy atom. The fourth-order valence-electron chi connectivity index (χ4n) is 2.19. The van der Waals surface area contributed by atoms with Crippen molar-refractivity contribution in [2.45, 2.75) is 18.9 Å². The van der Waals surface area contributed by atoms with Crippen molar-refractivity contribution < 1.29 is 5.11 Å². The first-order chi connectivity index (χ1) is 7.91. The van der Waals surface area contributed by atoms with Crippen LogP contribution >= 0.6 is 15.9 Å². The van der Waals surface area contributed by atoms with Gasteiger partial charge in [0.15, 0.2) is 0 Å². The third kappa shape index (κ3) is 2.45. The standard InChI is InChI=1S/C12H16BrN3O/c1-12(17)5-6-16(7-12)9-4-2-3-8(13)10(9)11(14)15/h2-4,17H,5-7H2,1H3,(H3,14,15). The van der Waals surface area contributed by atoms with Gasteiger partial charge in [0.2, 0.25) is 0 Å². The van der Waals surface area contributed by atoms with Crippen molar-refractivity contribution >= 4 is 27.5 Å². The predicted octanol–water partition coefficient (Wildman–Crippen LogP) is 1.69. The summed E-state index contributed by atoms with van der Waals surface area (Å²) >= 11 is 3.41. The molecule has 0 spiro atoms. The van der Waals surface area contributed by atoms with Gasteiger partial charge in [-0.1, -0.05) is 6.07 Å². The van der Waals surface area contributed by atoms with E-state index in [0.29, 0.717) is 12.1 Å². The lowest BCUT2D eigenvalue weighted by Gasteiger charge is -2.23. The second-order valence-electron chi connectivity index (χ2n) is 4.72. The molecule has 0 saturated carbocycles. The van der Waals surface area contributed by atoms with Crippen LogP contribution < -0.4 is 10.6 Å². The van der Waals surface area contributed by atoms with Crippen LogP contribution in [-0.2, 0) is 0 Å². The minimum Gasteiger partial charge on any atom is -0.388 e. The number of nitrogen functional groups attached to an aromatic ring is 1. The van der Waals surface area contributed by atoms with Crippen LogP contribution in [0.4, 0.5) is 5.69 Å². The molecule has 0 aliphatic carbocycles. The number of hydrogen-bond acceptors (Lipinski definition) is 3. The van der Waals surface area contributed by atoms with Crippen molar-refractivity contribution in [3.05, 3.63) is 28.2 Å². The van der Waals surface area contributed by atoms with E-state index < -0.39 is 5.60 Å². The molecule has 1 aliphatic heterocycles. The number of halogens is 1. The van der Waals surface area contributed by atoms with Crippen molar-refractivity contribution in [1.29, 1.82) is 5.41 Å². The molecule has 0 amide bonds. The van der Waals surface area contributed by atoms with Gasteiger partial charge in [-0.3, -0.25) is 5.41 Å². The lowest BCUT2D eigenvalue weighted by atomic mass is 10.1. The maximum Gasteiger partial charge on any atom is 0.126 e. The Morgan fingerprint density at radius 3 is 2.82 bits per heavy atom. The van der Waals surface area contributed by atoms with Gasteiger partial charge in [0.05, 0.1) is 11.2 Å². The number of rotatable bonds is 2. The van der Waals surface area contributed by atoms with E-state index in [1.165, 1.54) is 0 Å². The molecule has 0 aromatic heterocycles. The number of amidine groups is 1. The third-order valence-electron chi connectivity index (χ3n) is 3.05. The van der Waals surface area contributed by atoms with Crippen LogP contribution in [0.1, 0.15) is 18.9 Å². The second kappa shape index (κ2) is 4.31. The number of β-amino-alcohol motifs (C(OH)–C–C–N with tert-alkyl or cyclic N) is 1. The van der Waals surface area contributed by atoms with Crippen molar-refractivity contribution in [3.63, 3.8) is 0 Å². The fourth-order valence-corrected chi connectivity index (χ4v) is 2.76. The molecular formula is C12H16BrN3O. The first kappa shape index (κ1) is 12.4. The molecule has 0 bridgehead atoms. The van der Waals surface area contributed by atoms with E-state index in [2.05, 4.69) is 20.8 Å². The number of benzene rings is 1. The van der Waals surface area contributed by atoms with Crippen LogP contribution in [0.15, 0.2) is 22.7 Å². The van der Waals surface area contributed by atoms with E-state index in [1.807, 2.05) is 25.1 Å². The average Bonchev–Trinajstić information content (AvgIpc) is 2.57. The van der Waals surface area contributed by atoms with Gasteiger partial charge in [0.1, 0.15) is 5.84 Å². The van der Waals surface area contributed by atoms with Crippen LogP contribution in [0, 0.1) is 5.41 Å². The van der Waals surface area contributed by atoms with Crippen LogP contribution in [0.5, 0.6) is 0 Å². The Kier molecular flexibility index (Phi) is 3.14. The molecule has 1 fully saturated rings. The van der Waals surface area contributed by atoms with E-state index in [4.69, 9.17) is 11.1 Å². The molecule has 4 nitrogen and oxygen atoms in total. The smallest absolute Gasteiger partial charge is 0.126 e. The predicted molar refractivity (Wildman–Crippen MR) is 72.6 cm³/mol. The van der Waals surface area contributed by atoms with E-state index in [-0.39, 0.29) is 5.84 Å². The first-order valence-corrected chi connectivity index (χ1v) is 6.30. The highest BCUT2D eigenvalue weighted by atomic mass is 79.9. The summed E-state index contributed by atoms with van der Waals surface area (Å²) in [5.74, 6) is 0.0408. The number of nitrogens with two attached hydrogens (primary N) is 1. The molecule has 1 saturated heterocycles. The summed E-state index contributed by atoms with van der Waals surface area (Å²) in [6.07, 6.45) is 0.733. The summed E-state index contributed by atoms with van der Waals surface area (Å²) in [4.78, 5) is 2.07. The Hall–Kier alpha value is -1.07. The number of nitrogens with zero attached hydrogens (tertiary/aromatic N) is 1. The lowest BCUT2D eigenvalue weighted by Crippen LogP contribution is -2.31. The van der Waals surface area contributed by atoms with E-state index >= 15 is 0 Å². The molecule has 5 heteroatoms. The van der Waals surface area contributed by atoms with Crippen molar-refractivity contribution in [3.8, 4) is 0 Å². The van der Waals surface area contributed by atoms with E-state index in [0.717, 1.165) is 23.1 Å². The Morgan fingerprint density at radius 1 is 1.59 bits per heavy atom. The summed E-state index contributed by atoms with van der Waals surface area (Å²) < 4.78 is 0.814. The molecule has 1 aliphatic rings. The number of anilines is 1. The summed E-state index contributed by atoms with van der Waals surface area (Å²) in [6.45, 7) is 3.19. The normalized spacial score (nSPS) is 24.1. The highest BCUT2D eigenvalue weighted by molar-refractivity contribution is 9.10. The summed E-state index contributed by atoms with van der Waals surface area (Å²) in [7, 11) is 0. The average molecular weight is 298 g/mol. The molecule has 1 aromatic rings. The SMILES string of the molecule is CC1(O)CCN(c2cccc(Br)c2C(=N)N)C1. The molecule has 0 radical (unpaired) electrons. The van der Waals surface area contributed by atoms with Gasteiger partial charge < -0.3 is 15.7 Å². The largest absolute Gasteiger partial charge is 0.388 e. The van der Waals surface area contributed by atoms with Gasteiger partial charge in [0.25, 0.3) is 0 Å². The Bertz CT molecular complexity index is 459. The lowest BCUT2D eigenvalue weighted by molar-refractivity contribution is 0.0839. The molecule has 1 aromatic carbocycles. The topological polar surface area (TPSA) is 73.3 Å². The van der Waals surface area contributed by atoms with E-state index in [9.17, 15) is 5.11 Å². The Labute approximate surface area is 109 Å². The molecular weight excluding hydrogens is 282 g/mol. The second-order valence-corrected chi connectivity index (χ2v) is 5.57. The Balaban J connectivity index is 2.40. The minimum atomic E-state index is -0.656. The van der Waals surface area contributed by atoms with Crippen molar-refractivity contribution in [1.82, 2.24) is 0 Å². The van der Waals surface area contributed by atoms with Gasteiger partial charge >= 0.3 is 0 Å². The highest BCUT2D eigenvalue weighted by Crippen LogP contribution is 2.32. The van der Waals surface area contributed by atoms with Crippen LogP contribution in [0.25, 0.3) is 0 Å². The summed E-state index contributed by atoms with van der Waals surface area (Å²) in [5.41, 5.74) is 6.56. The summed E-state index contributed by atoms with van der Waals surface area (Å²) in [6, 6.07) is 5.72. The summed E-state index contributed by atoms with van der Waals surface area (Å²) in [5, 5.41) is 17.6. The highest BCUT2D eigenvalue weighted by Gasteiger charge is 2.32. The molecule has 2 rings (SSSR count). The van der Waals surface area contributed by atoms with Gasteiger partial charge in [-0.05, 0) is 41.4 Å². The quantitative estimate of drug-likeness (QED) is 0.574. The van der Waals surface area contributed by atoms with Crippen LogP contribution in [-0.4, -0.2) is 29.6 Å². The number of nitrogens with one attached hydrogen (secondary N) is 1. The molecule has 17 heavy (non-hydrogen) atoms. The maximum absolute atomic E-state index is 9.99. The molecule has 1 atom stereocenters. The van der Waals surface area contributed by atoms with Crippen molar-refractivity contribution in [2.24, 2.45) is 5.73 Å². The zero-order valence-corrected chi connectivity index (χ0v) is 11.3. The van der Waals surface area contributed by atoms with Gasteiger partial charge in [-0.15, -0.1) is 0 Å². The number of aliphatic hydroxyl groups is 1. The third-order valence-corrected chi connectivity index (χ3v) is 3.71. The molecule has 4 N–H and O–H groups in total. The van der Waals surface area contributed by atoms with Crippen LogP contribution in [0.3, 0.4) is 0 Å². The zero-order chi connectivity index (χ0) is 12.6. The molecule has 92 valence electrons. The monoisotopic (exact) mass is 297 g/mol. The molecule has 1 heterocycles. The zero-order valence-electron chi connectivity index (χ0n) is 9.70. The number of hydrogen-bond donors (Lipinski definition) is 3. The van der Waals surface area contributed by atoms with Gasteiger partial charge in [-0.2, -0.15) is 0 Å². The molecule has 1 unspecified atom stereocenters. The van der Waals surface area contributed by atoms with E-state index in [1.54, 1.807) is 0 Å².